The summed E-state index contributed by atoms with van der Waals surface area (Å²) in [5.41, 5.74) is 1.24. The minimum atomic E-state index is -0.542. The van der Waals surface area contributed by atoms with Crippen LogP contribution in [-0.4, -0.2) is 65.7 Å². The Labute approximate surface area is 183 Å². The van der Waals surface area contributed by atoms with Crippen molar-refractivity contribution >= 4 is 12.0 Å². The Morgan fingerprint density at radius 3 is 2.32 bits per heavy atom. The first kappa shape index (κ1) is 22.2. The average molecular weight is 421 g/mol. The number of aromatic nitrogens is 1. The van der Waals surface area contributed by atoms with Crippen molar-refractivity contribution in [1.29, 1.82) is 0 Å². The predicted octanol–water partition coefficient (Wildman–Crippen LogP) is 3.18. The van der Waals surface area contributed by atoms with Crippen LogP contribution in [0, 0.1) is 11.8 Å². The smallest absolute Gasteiger partial charge is 0.410 e. The molecule has 0 spiro atoms. The van der Waals surface area contributed by atoms with Gasteiger partial charge in [-0.1, -0.05) is 12.0 Å². The van der Waals surface area contributed by atoms with Gasteiger partial charge in [0.2, 0.25) is 0 Å². The van der Waals surface area contributed by atoms with Crippen molar-refractivity contribution in [3.05, 3.63) is 59.4 Å². The van der Waals surface area contributed by atoms with E-state index in [1.165, 1.54) is 0 Å². The summed E-state index contributed by atoms with van der Waals surface area (Å²) in [5, 5.41) is 0. The Morgan fingerprint density at radius 1 is 1.00 bits per heavy atom. The van der Waals surface area contributed by atoms with Crippen LogP contribution < -0.4 is 4.74 Å². The summed E-state index contributed by atoms with van der Waals surface area (Å²) < 4.78 is 10.8. The highest BCUT2D eigenvalue weighted by molar-refractivity contribution is 5.95. The van der Waals surface area contributed by atoms with Crippen molar-refractivity contribution in [1.82, 2.24) is 14.8 Å². The van der Waals surface area contributed by atoms with Gasteiger partial charge in [0.15, 0.2) is 0 Å². The van der Waals surface area contributed by atoms with E-state index in [1.54, 1.807) is 41.3 Å². The first-order valence-corrected chi connectivity index (χ1v) is 10.1. The van der Waals surface area contributed by atoms with Gasteiger partial charge in [0.1, 0.15) is 17.0 Å². The van der Waals surface area contributed by atoms with Crippen molar-refractivity contribution in [3.63, 3.8) is 0 Å². The van der Waals surface area contributed by atoms with Crippen LogP contribution in [0.3, 0.4) is 0 Å². The first-order chi connectivity index (χ1) is 14.8. The van der Waals surface area contributed by atoms with Crippen molar-refractivity contribution < 1.29 is 19.1 Å². The van der Waals surface area contributed by atoms with Crippen LogP contribution in [0.2, 0.25) is 0 Å². The Kier molecular flexibility index (Phi) is 6.81. The molecule has 162 valence electrons. The third-order valence-corrected chi connectivity index (χ3v) is 4.66. The molecule has 3 rings (SSSR count). The number of amides is 2. The van der Waals surface area contributed by atoms with Gasteiger partial charge < -0.3 is 19.3 Å². The van der Waals surface area contributed by atoms with E-state index in [-0.39, 0.29) is 12.0 Å². The van der Waals surface area contributed by atoms with Crippen molar-refractivity contribution in [2.45, 2.75) is 26.4 Å². The number of piperazine rings is 1. The average Bonchev–Trinajstić information content (AvgIpc) is 2.76. The number of ether oxygens (including phenoxy) is 2. The maximum atomic E-state index is 13.0. The number of carbonyl (C=O) groups is 2. The van der Waals surface area contributed by atoms with Gasteiger partial charge in [0, 0.05) is 37.9 Å². The molecular formula is C24H27N3O4. The quantitative estimate of drug-likeness (QED) is 0.697. The fourth-order valence-electron chi connectivity index (χ4n) is 3.11. The second kappa shape index (κ2) is 9.52. The third-order valence-electron chi connectivity index (χ3n) is 4.66. The molecule has 0 N–H and O–H groups in total. The molecule has 0 saturated carbocycles. The molecule has 2 aromatic rings. The van der Waals surface area contributed by atoms with E-state index in [4.69, 9.17) is 9.47 Å². The minimum Gasteiger partial charge on any atom is -0.495 e. The maximum absolute atomic E-state index is 13.0. The van der Waals surface area contributed by atoms with Gasteiger partial charge in [0.05, 0.1) is 12.7 Å². The number of hydrogen-bond donors (Lipinski definition) is 0. The summed E-state index contributed by atoms with van der Waals surface area (Å²) in [6.07, 6.45) is 1.33. The summed E-state index contributed by atoms with van der Waals surface area (Å²) in [6, 6.07) is 10.7. The van der Waals surface area contributed by atoms with E-state index in [2.05, 4.69) is 16.8 Å². The van der Waals surface area contributed by atoms with Crippen LogP contribution in [0.4, 0.5) is 4.79 Å². The van der Waals surface area contributed by atoms with Gasteiger partial charge >= 0.3 is 6.09 Å². The molecule has 7 heteroatoms. The molecule has 1 aromatic heterocycles. The molecule has 0 unspecified atom stereocenters. The highest BCUT2D eigenvalue weighted by Crippen LogP contribution is 2.21. The second-order valence-electron chi connectivity index (χ2n) is 8.14. The summed E-state index contributed by atoms with van der Waals surface area (Å²) in [6.45, 7) is 7.26. The molecule has 1 fully saturated rings. The van der Waals surface area contributed by atoms with Gasteiger partial charge in [-0.15, -0.1) is 0 Å². The Balaban J connectivity index is 1.70. The predicted molar refractivity (Wildman–Crippen MR) is 117 cm³/mol. The zero-order valence-corrected chi connectivity index (χ0v) is 18.3. The van der Waals surface area contributed by atoms with E-state index in [0.717, 1.165) is 0 Å². The standard InChI is InChI=1S/C24H27N3O4/c1-24(2,3)31-23(29)27-15-13-26(14-16-27)22(28)19-9-11-21(30-4)18(17-19)8-10-20-7-5-6-12-25-20/h5-7,9,11-12,17H,13-16H2,1-4H3. The van der Waals surface area contributed by atoms with Crippen LogP contribution >= 0.6 is 0 Å². The molecule has 7 nitrogen and oxygen atoms in total. The zero-order chi connectivity index (χ0) is 22.4. The van der Waals surface area contributed by atoms with E-state index >= 15 is 0 Å². The highest BCUT2D eigenvalue weighted by atomic mass is 16.6. The largest absolute Gasteiger partial charge is 0.495 e. The molecule has 1 aromatic carbocycles. The fraction of sp³-hybridized carbons (Fsp3) is 0.375. The van der Waals surface area contributed by atoms with E-state index in [9.17, 15) is 9.59 Å². The molecule has 1 aliphatic heterocycles. The highest BCUT2D eigenvalue weighted by Gasteiger charge is 2.28. The fourth-order valence-corrected chi connectivity index (χ4v) is 3.11. The second-order valence-corrected chi connectivity index (χ2v) is 8.14. The van der Waals surface area contributed by atoms with Crippen LogP contribution in [0.1, 0.15) is 42.4 Å². The van der Waals surface area contributed by atoms with Gasteiger partial charge in [-0.3, -0.25) is 4.79 Å². The van der Waals surface area contributed by atoms with E-state index in [0.29, 0.717) is 48.7 Å². The summed E-state index contributed by atoms with van der Waals surface area (Å²) in [7, 11) is 1.57. The van der Waals surface area contributed by atoms with Crippen LogP contribution in [-0.2, 0) is 4.74 Å². The number of hydrogen-bond acceptors (Lipinski definition) is 5. The Morgan fingerprint density at radius 2 is 1.71 bits per heavy atom. The normalized spacial score (nSPS) is 13.8. The van der Waals surface area contributed by atoms with Crippen molar-refractivity contribution in [3.8, 4) is 17.6 Å². The van der Waals surface area contributed by atoms with Gasteiger partial charge in [0.25, 0.3) is 5.91 Å². The SMILES string of the molecule is COc1ccc(C(=O)N2CCN(C(=O)OC(C)(C)C)CC2)cc1C#Cc1ccccn1. The van der Waals surface area contributed by atoms with E-state index in [1.807, 2.05) is 39.0 Å². The lowest BCUT2D eigenvalue weighted by Crippen LogP contribution is -2.51. The molecular weight excluding hydrogens is 394 g/mol. The molecule has 0 radical (unpaired) electrons. The number of rotatable bonds is 2. The lowest BCUT2D eigenvalue weighted by Gasteiger charge is -2.35. The maximum Gasteiger partial charge on any atom is 0.410 e. The van der Waals surface area contributed by atoms with Crippen molar-refractivity contribution in [2.75, 3.05) is 33.3 Å². The third kappa shape index (κ3) is 5.98. The van der Waals surface area contributed by atoms with Crippen LogP contribution in [0.15, 0.2) is 42.6 Å². The Hall–Kier alpha value is -3.53. The van der Waals surface area contributed by atoms with Crippen LogP contribution in [0.25, 0.3) is 0 Å². The first-order valence-electron chi connectivity index (χ1n) is 10.1. The molecule has 0 bridgehead atoms. The van der Waals surface area contributed by atoms with Gasteiger partial charge in [-0.25, -0.2) is 9.78 Å². The molecule has 1 aliphatic rings. The number of nitrogens with zero attached hydrogens (tertiary/aromatic N) is 3. The zero-order valence-electron chi connectivity index (χ0n) is 18.3. The number of benzene rings is 1. The molecule has 2 amide bonds. The Bertz CT molecular complexity index is 995. The van der Waals surface area contributed by atoms with Gasteiger partial charge in [-0.05, 0) is 57.0 Å². The van der Waals surface area contributed by atoms with E-state index < -0.39 is 5.60 Å². The lowest BCUT2D eigenvalue weighted by atomic mass is 10.1. The molecule has 0 atom stereocenters. The number of pyridine rings is 1. The van der Waals surface area contributed by atoms with Crippen LogP contribution in [0.5, 0.6) is 5.75 Å². The summed E-state index contributed by atoms with van der Waals surface area (Å²) >= 11 is 0. The minimum absolute atomic E-state index is 0.104. The molecule has 0 aliphatic carbocycles. The topological polar surface area (TPSA) is 72.0 Å². The molecule has 1 saturated heterocycles. The lowest BCUT2D eigenvalue weighted by molar-refractivity contribution is 0.0141. The number of carbonyl (C=O) groups excluding carboxylic acids is 2. The van der Waals surface area contributed by atoms with Gasteiger partial charge in [-0.2, -0.15) is 0 Å². The summed E-state index contributed by atoms with van der Waals surface area (Å²) in [5.74, 6) is 6.53. The van der Waals surface area contributed by atoms with Crippen molar-refractivity contribution in [2.24, 2.45) is 0 Å². The number of methoxy groups -OCH3 is 1. The monoisotopic (exact) mass is 421 g/mol. The molecule has 31 heavy (non-hydrogen) atoms. The summed E-state index contributed by atoms with van der Waals surface area (Å²) in [4.78, 5) is 32.8. The molecule has 2 heterocycles.